The Morgan fingerprint density at radius 3 is 2.19 bits per heavy atom. The van der Waals surface area contributed by atoms with E-state index in [4.69, 9.17) is 25.8 Å². The van der Waals surface area contributed by atoms with Crippen LogP contribution < -0.4 is 19.1 Å². The van der Waals surface area contributed by atoms with Crippen molar-refractivity contribution in [1.82, 2.24) is 0 Å². The van der Waals surface area contributed by atoms with Crippen molar-refractivity contribution in [3.63, 3.8) is 0 Å². The minimum Gasteiger partial charge on any atom is -0.493 e. The number of hydrogen-bond donors (Lipinski definition) is 1. The highest BCUT2D eigenvalue weighted by Crippen LogP contribution is 2.34. The van der Waals surface area contributed by atoms with E-state index in [1.807, 2.05) is 0 Å². The Bertz CT molecular complexity index is 1140. The molecule has 0 saturated carbocycles. The van der Waals surface area contributed by atoms with Gasteiger partial charge in [0.15, 0.2) is 11.5 Å². The molecule has 0 aromatic heterocycles. The second kappa shape index (κ2) is 10.1. The van der Waals surface area contributed by atoms with Gasteiger partial charge in [-0.15, -0.1) is 0 Å². The summed E-state index contributed by atoms with van der Waals surface area (Å²) in [6.07, 6.45) is 0.993. The van der Waals surface area contributed by atoms with Crippen LogP contribution in [0, 0.1) is 6.92 Å². The zero-order valence-corrected chi connectivity index (χ0v) is 20.1. The van der Waals surface area contributed by atoms with Crippen LogP contribution in [0.5, 0.6) is 11.5 Å². The number of nitrogens with one attached hydrogen (secondary N) is 1. The molecule has 0 unspecified atom stereocenters. The third-order valence-corrected chi connectivity index (χ3v) is 6.15. The van der Waals surface area contributed by atoms with Crippen molar-refractivity contribution in [2.75, 3.05) is 37.2 Å². The van der Waals surface area contributed by atoms with Crippen molar-refractivity contribution >= 4 is 44.9 Å². The number of sulfonamides is 1. The zero-order chi connectivity index (χ0) is 24.2. The van der Waals surface area contributed by atoms with E-state index in [-0.39, 0.29) is 28.4 Å². The second-order valence-corrected chi connectivity index (χ2v) is 9.20. The maximum absolute atomic E-state index is 13.1. The maximum Gasteiger partial charge on any atom is 0.340 e. The molecule has 0 fully saturated rings. The highest BCUT2D eigenvalue weighted by molar-refractivity contribution is 7.92. The highest BCUT2D eigenvalue weighted by atomic mass is 35.5. The van der Waals surface area contributed by atoms with Crippen LogP contribution in [0.3, 0.4) is 0 Å². The molecule has 0 aliphatic heterocycles. The lowest BCUT2D eigenvalue weighted by molar-refractivity contribution is -0.116. The van der Waals surface area contributed by atoms with Crippen LogP contribution in [-0.4, -0.2) is 53.9 Å². The predicted molar refractivity (Wildman–Crippen MR) is 122 cm³/mol. The summed E-state index contributed by atoms with van der Waals surface area (Å²) in [4.78, 5) is 25.4. The second-order valence-electron chi connectivity index (χ2n) is 6.90. The first kappa shape index (κ1) is 25.3. The van der Waals surface area contributed by atoms with Gasteiger partial charge in [-0.25, -0.2) is 13.2 Å². The Kier molecular flexibility index (Phi) is 7.97. The van der Waals surface area contributed by atoms with Gasteiger partial charge in [-0.05, 0) is 31.5 Å². The van der Waals surface area contributed by atoms with Gasteiger partial charge in [0.25, 0.3) is 0 Å². The molecular weight excluding hydrogens is 460 g/mol. The minimum atomic E-state index is -3.87. The van der Waals surface area contributed by atoms with E-state index in [9.17, 15) is 18.0 Å². The quantitative estimate of drug-likeness (QED) is 0.572. The highest BCUT2D eigenvalue weighted by Gasteiger charge is 2.31. The molecule has 1 atom stereocenters. The SMILES string of the molecule is COC(=O)c1cc(OC)c(OC)cc1NC(=O)[C@@H](C)N(c1cc(Cl)ccc1C)S(C)(=O)=O. The van der Waals surface area contributed by atoms with E-state index >= 15 is 0 Å². The van der Waals surface area contributed by atoms with Crippen molar-refractivity contribution in [2.45, 2.75) is 19.9 Å². The number of anilines is 2. The van der Waals surface area contributed by atoms with E-state index in [1.165, 1.54) is 46.5 Å². The van der Waals surface area contributed by atoms with Crippen molar-refractivity contribution in [1.29, 1.82) is 0 Å². The third-order valence-electron chi connectivity index (χ3n) is 4.68. The van der Waals surface area contributed by atoms with Crippen molar-refractivity contribution in [3.05, 3.63) is 46.5 Å². The summed E-state index contributed by atoms with van der Waals surface area (Å²) in [5, 5.41) is 2.91. The van der Waals surface area contributed by atoms with Crippen molar-refractivity contribution in [2.24, 2.45) is 0 Å². The van der Waals surface area contributed by atoms with Gasteiger partial charge in [0, 0.05) is 17.2 Å². The molecule has 9 nitrogen and oxygen atoms in total. The van der Waals surface area contributed by atoms with Crippen LogP contribution in [0.15, 0.2) is 30.3 Å². The topological polar surface area (TPSA) is 111 Å². The molecule has 174 valence electrons. The zero-order valence-electron chi connectivity index (χ0n) is 18.6. The molecular formula is C21H25ClN2O7S. The van der Waals surface area contributed by atoms with Gasteiger partial charge < -0.3 is 19.5 Å². The average molecular weight is 485 g/mol. The summed E-state index contributed by atoms with van der Waals surface area (Å²) in [6, 6.07) is 6.33. The van der Waals surface area contributed by atoms with Gasteiger partial charge in [-0.2, -0.15) is 0 Å². The average Bonchev–Trinajstić information content (AvgIpc) is 2.74. The van der Waals surface area contributed by atoms with Crippen LogP contribution in [0.2, 0.25) is 5.02 Å². The summed E-state index contributed by atoms with van der Waals surface area (Å²) in [5.41, 5.74) is 0.960. The molecule has 0 bridgehead atoms. The Balaban J connectivity index is 2.52. The van der Waals surface area contributed by atoms with E-state index in [2.05, 4.69) is 5.32 Å². The molecule has 11 heteroatoms. The summed E-state index contributed by atoms with van der Waals surface area (Å²) in [5.74, 6) is -0.897. The lowest BCUT2D eigenvalue weighted by Gasteiger charge is -2.29. The molecule has 0 heterocycles. The monoisotopic (exact) mass is 484 g/mol. The first-order chi connectivity index (χ1) is 14.9. The lowest BCUT2D eigenvalue weighted by Crippen LogP contribution is -2.45. The number of halogens is 1. The van der Waals surface area contributed by atoms with E-state index in [1.54, 1.807) is 19.1 Å². The smallest absolute Gasteiger partial charge is 0.340 e. The number of carbonyl (C=O) groups excluding carboxylic acids is 2. The molecule has 2 rings (SSSR count). The maximum atomic E-state index is 13.1. The van der Waals surface area contributed by atoms with E-state index < -0.39 is 27.9 Å². The Morgan fingerprint density at radius 1 is 1.06 bits per heavy atom. The number of aryl methyl sites for hydroxylation is 1. The van der Waals surface area contributed by atoms with Crippen LogP contribution >= 0.6 is 11.6 Å². The lowest BCUT2D eigenvalue weighted by atomic mass is 10.1. The fraction of sp³-hybridized carbons (Fsp3) is 0.333. The van der Waals surface area contributed by atoms with E-state index in [0.717, 1.165) is 10.6 Å². The van der Waals surface area contributed by atoms with Crippen LogP contribution in [0.1, 0.15) is 22.8 Å². The van der Waals surface area contributed by atoms with Gasteiger partial charge in [-0.3, -0.25) is 9.10 Å². The number of nitrogens with zero attached hydrogens (tertiary/aromatic N) is 1. The fourth-order valence-electron chi connectivity index (χ4n) is 3.10. The first-order valence-electron chi connectivity index (χ1n) is 9.35. The fourth-order valence-corrected chi connectivity index (χ4v) is 4.49. The number of rotatable bonds is 8. The number of amides is 1. The molecule has 0 aliphatic rings. The van der Waals surface area contributed by atoms with Crippen molar-refractivity contribution < 1.29 is 32.2 Å². The number of benzene rings is 2. The minimum absolute atomic E-state index is 0.00976. The van der Waals surface area contributed by atoms with Crippen LogP contribution in [0.4, 0.5) is 11.4 Å². The van der Waals surface area contributed by atoms with Gasteiger partial charge in [-0.1, -0.05) is 17.7 Å². The molecule has 1 amide bonds. The first-order valence-corrected chi connectivity index (χ1v) is 11.6. The Hall–Kier alpha value is -2.98. The number of carbonyl (C=O) groups is 2. The van der Waals surface area contributed by atoms with Crippen LogP contribution in [0.25, 0.3) is 0 Å². The van der Waals surface area contributed by atoms with Crippen molar-refractivity contribution in [3.8, 4) is 11.5 Å². The molecule has 2 aromatic carbocycles. The summed E-state index contributed by atoms with van der Waals surface area (Å²) >= 11 is 6.06. The Labute approximate surface area is 192 Å². The van der Waals surface area contributed by atoms with Gasteiger partial charge in [0.1, 0.15) is 6.04 Å². The summed E-state index contributed by atoms with van der Waals surface area (Å²) in [6.45, 7) is 3.13. The summed E-state index contributed by atoms with van der Waals surface area (Å²) in [7, 11) is 0.124. The van der Waals surface area contributed by atoms with Crippen LogP contribution in [-0.2, 0) is 19.6 Å². The molecule has 1 N–H and O–H groups in total. The third kappa shape index (κ3) is 5.43. The van der Waals surface area contributed by atoms with Gasteiger partial charge in [0.2, 0.25) is 15.9 Å². The van der Waals surface area contributed by atoms with Gasteiger partial charge in [0.05, 0.1) is 44.5 Å². The molecule has 0 radical (unpaired) electrons. The molecule has 0 spiro atoms. The van der Waals surface area contributed by atoms with Gasteiger partial charge >= 0.3 is 5.97 Å². The number of methoxy groups -OCH3 is 3. The predicted octanol–water partition coefficient (Wildman–Crippen LogP) is 3.25. The number of esters is 1. The number of hydrogen-bond acceptors (Lipinski definition) is 7. The molecule has 2 aromatic rings. The molecule has 32 heavy (non-hydrogen) atoms. The number of ether oxygens (including phenoxy) is 3. The summed E-state index contributed by atoms with van der Waals surface area (Å²) < 4.78 is 41.4. The molecule has 0 aliphatic carbocycles. The standard InChI is InChI=1S/C21H25ClN2O7S/c1-12-7-8-14(22)9-17(12)24(32(6,27)28)13(2)20(25)23-16-11-19(30-4)18(29-3)10-15(16)21(26)31-5/h7-11,13H,1-6H3,(H,23,25)/t13-/m1/s1. The largest absolute Gasteiger partial charge is 0.493 e. The molecule has 0 saturated heterocycles. The Morgan fingerprint density at radius 2 is 1.66 bits per heavy atom. The van der Waals surface area contributed by atoms with E-state index in [0.29, 0.717) is 10.6 Å². The normalized spacial score (nSPS) is 12.0.